The highest BCUT2D eigenvalue weighted by Gasteiger charge is 2.50. The number of benzene rings is 2. The third-order valence-corrected chi connectivity index (χ3v) is 6.18. The number of rotatable bonds is 6. The lowest BCUT2D eigenvalue weighted by molar-refractivity contribution is -0.337. The minimum absolute atomic E-state index is 0.00415. The fourth-order valence-electron chi connectivity index (χ4n) is 3.72. The summed E-state index contributed by atoms with van der Waals surface area (Å²) in [6.07, 6.45) is 0.635. The highest BCUT2D eigenvalue weighted by atomic mass is 32.2. The maximum Gasteiger partial charge on any atom is 0.184 e. The molecule has 0 aromatic heterocycles. The topological polar surface area (TPSA) is 46.2 Å². The fraction of sp³-hybridized carbons (Fsp3) is 0.455. The quantitative estimate of drug-likeness (QED) is 0.733. The van der Waals surface area contributed by atoms with Crippen LogP contribution in [0.3, 0.4) is 0 Å². The van der Waals surface area contributed by atoms with Gasteiger partial charge in [0, 0.05) is 12.7 Å². The summed E-state index contributed by atoms with van der Waals surface area (Å²) in [6.45, 7) is 0.957. The van der Waals surface area contributed by atoms with E-state index in [0.29, 0.717) is 13.2 Å². The van der Waals surface area contributed by atoms with Crippen LogP contribution < -0.4 is 0 Å². The Morgan fingerprint density at radius 1 is 1.00 bits per heavy atom. The summed E-state index contributed by atoms with van der Waals surface area (Å²) in [5.41, 5.74) is 2.13. The maximum absolute atomic E-state index is 6.40. The predicted octanol–water partition coefficient (Wildman–Crippen LogP) is 3.79. The van der Waals surface area contributed by atoms with Gasteiger partial charge in [0.05, 0.1) is 18.5 Å². The van der Waals surface area contributed by atoms with Gasteiger partial charge in [-0.1, -0.05) is 60.7 Å². The molecule has 2 aliphatic heterocycles. The van der Waals surface area contributed by atoms with Crippen LogP contribution in [0, 0.1) is 0 Å². The minimum Gasteiger partial charge on any atom is -0.369 e. The van der Waals surface area contributed by atoms with E-state index in [2.05, 4.69) is 12.1 Å². The van der Waals surface area contributed by atoms with Crippen LogP contribution in [0.5, 0.6) is 0 Å². The van der Waals surface area contributed by atoms with Crippen molar-refractivity contribution >= 4 is 11.8 Å². The van der Waals surface area contributed by atoms with Crippen LogP contribution in [0.15, 0.2) is 60.7 Å². The molecule has 6 atom stereocenters. The molecule has 0 N–H and O–H groups in total. The molecular formula is C22H26O5S. The molecule has 2 aromatic rings. The van der Waals surface area contributed by atoms with Gasteiger partial charge in [-0.2, -0.15) is 11.8 Å². The fourth-order valence-corrected chi connectivity index (χ4v) is 4.62. The van der Waals surface area contributed by atoms with E-state index in [1.54, 1.807) is 18.9 Å². The minimum atomic E-state index is -0.421. The van der Waals surface area contributed by atoms with Gasteiger partial charge in [-0.25, -0.2) is 0 Å². The molecule has 28 heavy (non-hydrogen) atoms. The summed E-state index contributed by atoms with van der Waals surface area (Å²) in [7, 11) is 1.67. The molecule has 150 valence electrons. The van der Waals surface area contributed by atoms with Gasteiger partial charge in [0.1, 0.15) is 18.3 Å². The summed E-state index contributed by atoms with van der Waals surface area (Å²) < 4.78 is 30.4. The third kappa shape index (κ3) is 4.27. The third-order valence-electron chi connectivity index (χ3n) is 5.15. The van der Waals surface area contributed by atoms with Crippen LogP contribution in [-0.4, -0.2) is 49.8 Å². The standard InChI is InChI=1S/C22H26O5S/c1-23-22-20(28-2)19(24-13-15-9-5-3-6-10-15)18-17(26-22)14-25-21(27-18)16-11-7-4-8-12-16/h3-12,17-22H,13-14H2,1-2H3/t17-,18-,19+,20+,21?,22+/m1/s1. The van der Waals surface area contributed by atoms with E-state index in [1.165, 1.54) is 0 Å². The molecule has 0 spiro atoms. The van der Waals surface area contributed by atoms with E-state index in [1.807, 2.05) is 54.8 Å². The molecule has 2 fully saturated rings. The molecule has 4 rings (SSSR count). The molecule has 0 bridgehead atoms. The lowest BCUT2D eigenvalue weighted by Crippen LogP contribution is -2.61. The first kappa shape index (κ1) is 19.9. The van der Waals surface area contributed by atoms with Gasteiger partial charge in [0.15, 0.2) is 12.6 Å². The Morgan fingerprint density at radius 3 is 2.39 bits per heavy atom. The van der Waals surface area contributed by atoms with Crippen LogP contribution in [0.4, 0.5) is 0 Å². The number of hydrogen-bond acceptors (Lipinski definition) is 6. The highest BCUT2D eigenvalue weighted by molar-refractivity contribution is 7.99. The molecular weight excluding hydrogens is 376 g/mol. The zero-order valence-corrected chi connectivity index (χ0v) is 16.9. The number of hydrogen-bond donors (Lipinski definition) is 0. The van der Waals surface area contributed by atoms with Crippen LogP contribution in [-0.2, 0) is 30.3 Å². The molecule has 0 amide bonds. The molecule has 6 heteroatoms. The first-order valence-corrected chi connectivity index (χ1v) is 10.8. The Kier molecular flexibility index (Phi) is 6.67. The van der Waals surface area contributed by atoms with Crippen LogP contribution in [0.2, 0.25) is 0 Å². The van der Waals surface area contributed by atoms with E-state index in [0.717, 1.165) is 11.1 Å². The molecule has 0 saturated carbocycles. The van der Waals surface area contributed by atoms with Gasteiger partial charge in [-0.3, -0.25) is 0 Å². The van der Waals surface area contributed by atoms with E-state index < -0.39 is 6.29 Å². The van der Waals surface area contributed by atoms with E-state index in [9.17, 15) is 0 Å². The smallest absolute Gasteiger partial charge is 0.184 e. The Balaban J connectivity index is 1.54. The van der Waals surface area contributed by atoms with Crippen LogP contribution in [0.1, 0.15) is 17.4 Å². The zero-order valence-electron chi connectivity index (χ0n) is 16.1. The van der Waals surface area contributed by atoms with Gasteiger partial charge in [-0.15, -0.1) is 0 Å². The lowest BCUT2D eigenvalue weighted by Gasteiger charge is -2.48. The average Bonchev–Trinajstić information content (AvgIpc) is 2.77. The normalized spacial score (nSPS) is 32.6. The Labute approximate surface area is 170 Å². The summed E-state index contributed by atoms with van der Waals surface area (Å²) in [6, 6.07) is 20.2. The summed E-state index contributed by atoms with van der Waals surface area (Å²) in [5.74, 6) is 0. The van der Waals surface area contributed by atoms with Gasteiger partial charge in [0.2, 0.25) is 0 Å². The molecule has 2 aromatic carbocycles. The van der Waals surface area contributed by atoms with E-state index in [4.69, 9.17) is 23.7 Å². The van der Waals surface area contributed by atoms with Gasteiger partial charge in [-0.05, 0) is 11.8 Å². The molecule has 2 aliphatic rings. The van der Waals surface area contributed by atoms with Crippen molar-refractivity contribution < 1.29 is 23.7 Å². The maximum atomic E-state index is 6.40. The van der Waals surface area contributed by atoms with E-state index in [-0.39, 0.29) is 29.9 Å². The molecule has 2 heterocycles. The molecule has 2 saturated heterocycles. The van der Waals surface area contributed by atoms with Gasteiger partial charge >= 0.3 is 0 Å². The molecule has 1 unspecified atom stereocenters. The lowest BCUT2D eigenvalue weighted by atomic mass is 9.99. The van der Waals surface area contributed by atoms with Crippen molar-refractivity contribution in [3.63, 3.8) is 0 Å². The first-order valence-electron chi connectivity index (χ1n) is 9.48. The van der Waals surface area contributed by atoms with Crippen molar-refractivity contribution in [3.8, 4) is 0 Å². The summed E-state index contributed by atoms with van der Waals surface area (Å²) >= 11 is 1.68. The number of ether oxygens (including phenoxy) is 5. The molecule has 0 radical (unpaired) electrons. The van der Waals surface area contributed by atoms with Gasteiger partial charge < -0.3 is 23.7 Å². The SMILES string of the molecule is CO[C@H]1O[C@@H]2COC(c3ccccc3)O[C@H]2[C@H](OCc2ccccc2)[C@@H]1SC. The molecule has 5 nitrogen and oxygen atoms in total. The Morgan fingerprint density at radius 2 is 1.71 bits per heavy atom. The predicted molar refractivity (Wildman–Crippen MR) is 108 cm³/mol. The summed E-state index contributed by atoms with van der Waals surface area (Å²) in [4.78, 5) is 0. The first-order chi connectivity index (χ1) is 13.8. The molecule has 0 aliphatic carbocycles. The van der Waals surface area contributed by atoms with Crippen molar-refractivity contribution in [1.82, 2.24) is 0 Å². The Bertz CT molecular complexity index is 728. The van der Waals surface area contributed by atoms with Crippen LogP contribution in [0.25, 0.3) is 0 Å². The number of thioether (sulfide) groups is 1. The Hall–Kier alpha value is -1.41. The average molecular weight is 403 g/mol. The van der Waals surface area contributed by atoms with Gasteiger partial charge in [0.25, 0.3) is 0 Å². The van der Waals surface area contributed by atoms with Crippen LogP contribution >= 0.6 is 11.8 Å². The van der Waals surface area contributed by atoms with Crippen molar-refractivity contribution in [2.24, 2.45) is 0 Å². The second kappa shape index (κ2) is 9.39. The second-order valence-electron chi connectivity index (χ2n) is 6.92. The number of methoxy groups -OCH3 is 1. The van der Waals surface area contributed by atoms with Crippen molar-refractivity contribution in [1.29, 1.82) is 0 Å². The highest BCUT2D eigenvalue weighted by Crippen LogP contribution is 2.39. The van der Waals surface area contributed by atoms with E-state index >= 15 is 0 Å². The monoisotopic (exact) mass is 402 g/mol. The zero-order chi connectivity index (χ0) is 19.3. The second-order valence-corrected chi connectivity index (χ2v) is 7.93. The van der Waals surface area contributed by atoms with Crippen molar-refractivity contribution in [2.45, 2.75) is 42.7 Å². The largest absolute Gasteiger partial charge is 0.369 e. The van der Waals surface area contributed by atoms with Crippen molar-refractivity contribution in [2.75, 3.05) is 20.0 Å². The summed E-state index contributed by atoms with van der Waals surface area (Å²) in [5, 5.41) is 0.00415. The van der Waals surface area contributed by atoms with Crippen molar-refractivity contribution in [3.05, 3.63) is 71.8 Å². The number of fused-ring (bicyclic) bond motifs is 1.